The first-order valence-corrected chi connectivity index (χ1v) is 4.67. The second kappa shape index (κ2) is 5.18. The van der Waals surface area contributed by atoms with Crippen LogP contribution in [0.2, 0.25) is 0 Å². The largest absolute Gasteiger partial charge is 0.254 e. The van der Waals surface area contributed by atoms with Crippen LogP contribution < -0.4 is 0 Å². The van der Waals surface area contributed by atoms with E-state index >= 15 is 0 Å². The second-order valence-corrected chi connectivity index (χ2v) is 3.00. The van der Waals surface area contributed by atoms with Crippen molar-refractivity contribution in [2.24, 2.45) is 4.99 Å². The zero-order valence-corrected chi connectivity index (χ0v) is 8.70. The fourth-order valence-electron chi connectivity index (χ4n) is 1.09. The van der Waals surface area contributed by atoms with Crippen molar-refractivity contribution in [3.8, 4) is 0 Å². The lowest BCUT2D eigenvalue weighted by Crippen LogP contribution is -1.95. The van der Waals surface area contributed by atoms with Crippen LogP contribution >= 0.6 is 0 Å². The summed E-state index contributed by atoms with van der Waals surface area (Å²) in [4.78, 5) is 4.44. The molecule has 0 aliphatic heterocycles. The molecule has 0 spiro atoms. The molecule has 0 bridgehead atoms. The van der Waals surface area contributed by atoms with Gasteiger partial charge in [-0.25, -0.2) is 0 Å². The molecule has 0 radical (unpaired) electrons. The number of nitrogens with zero attached hydrogens (tertiary/aromatic N) is 1. The van der Waals surface area contributed by atoms with Crippen molar-refractivity contribution in [1.29, 1.82) is 0 Å². The van der Waals surface area contributed by atoms with Gasteiger partial charge in [0.05, 0.1) is 5.71 Å². The summed E-state index contributed by atoms with van der Waals surface area (Å²) in [6.07, 6.45) is 3.76. The molecule has 0 fully saturated rings. The molecular weight excluding hydrogens is 170 g/mol. The molecule has 1 nitrogen and oxygen atoms in total. The zero-order chi connectivity index (χ0) is 10.4. The van der Waals surface area contributed by atoms with E-state index in [-0.39, 0.29) is 0 Å². The van der Waals surface area contributed by atoms with Crippen molar-refractivity contribution in [2.75, 3.05) is 0 Å². The Labute approximate surface area is 85.5 Å². The van der Waals surface area contributed by atoms with E-state index in [0.717, 1.165) is 17.0 Å². The Morgan fingerprint density at radius 3 is 2.43 bits per heavy atom. The van der Waals surface area contributed by atoms with Gasteiger partial charge in [0, 0.05) is 11.3 Å². The van der Waals surface area contributed by atoms with Gasteiger partial charge in [-0.05, 0) is 19.9 Å². The Kier molecular flexibility index (Phi) is 3.86. The smallest absolute Gasteiger partial charge is 0.0699 e. The van der Waals surface area contributed by atoms with Gasteiger partial charge in [-0.1, -0.05) is 43.0 Å². The third-order valence-electron chi connectivity index (χ3n) is 1.98. The van der Waals surface area contributed by atoms with Crippen LogP contribution in [-0.2, 0) is 0 Å². The van der Waals surface area contributed by atoms with Crippen LogP contribution in [0, 0.1) is 0 Å². The maximum atomic E-state index is 4.44. The molecule has 0 N–H and O–H groups in total. The van der Waals surface area contributed by atoms with Crippen molar-refractivity contribution in [3.63, 3.8) is 0 Å². The van der Waals surface area contributed by atoms with Crippen molar-refractivity contribution >= 4 is 5.71 Å². The monoisotopic (exact) mass is 185 g/mol. The standard InChI is InChI=1S/C13H15N/c1-4-11(3)14-13(5-2)12-9-7-6-8-10-12/h4-10H,2H2,1,3H3/b11-4-,14-13?. The zero-order valence-electron chi connectivity index (χ0n) is 8.70. The summed E-state index contributed by atoms with van der Waals surface area (Å²) in [5.74, 6) is 0. The van der Waals surface area contributed by atoms with Gasteiger partial charge in [0.1, 0.15) is 0 Å². The van der Waals surface area contributed by atoms with E-state index in [2.05, 4.69) is 11.6 Å². The van der Waals surface area contributed by atoms with Crippen LogP contribution in [-0.4, -0.2) is 5.71 Å². The average molecular weight is 185 g/mol. The Morgan fingerprint density at radius 2 is 1.93 bits per heavy atom. The third-order valence-corrected chi connectivity index (χ3v) is 1.98. The molecule has 0 atom stereocenters. The molecule has 1 aromatic rings. The van der Waals surface area contributed by atoms with Crippen LogP contribution in [0.4, 0.5) is 0 Å². The fourth-order valence-corrected chi connectivity index (χ4v) is 1.09. The van der Waals surface area contributed by atoms with Crippen molar-refractivity contribution in [3.05, 3.63) is 60.3 Å². The molecule has 0 aromatic heterocycles. The number of hydrogen-bond donors (Lipinski definition) is 0. The van der Waals surface area contributed by atoms with Gasteiger partial charge in [-0.3, -0.25) is 4.99 Å². The molecule has 1 heteroatoms. The lowest BCUT2D eigenvalue weighted by atomic mass is 10.1. The highest BCUT2D eigenvalue weighted by Crippen LogP contribution is 2.05. The summed E-state index contributed by atoms with van der Waals surface area (Å²) in [7, 11) is 0. The van der Waals surface area contributed by atoms with E-state index in [9.17, 15) is 0 Å². The Balaban J connectivity index is 3.05. The number of benzene rings is 1. The number of rotatable bonds is 3. The quantitative estimate of drug-likeness (QED) is 0.638. The summed E-state index contributed by atoms with van der Waals surface area (Å²) in [6, 6.07) is 10.1. The van der Waals surface area contributed by atoms with Crippen LogP contribution in [0.3, 0.4) is 0 Å². The topological polar surface area (TPSA) is 12.4 Å². The molecule has 1 aromatic carbocycles. The maximum absolute atomic E-state index is 4.44. The average Bonchev–Trinajstić information content (AvgIpc) is 2.26. The van der Waals surface area contributed by atoms with Crippen LogP contribution in [0.25, 0.3) is 0 Å². The predicted molar refractivity (Wildman–Crippen MR) is 62.6 cm³/mol. The number of allylic oxidation sites excluding steroid dienone is 3. The van der Waals surface area contributed by atoms with Gasteiger partial charge in [-0.2, -0.15) is 0 Å². The van der Waals surface area contributed by atoms with Crippen LogP contribution in [0.5, 0.6) is 0 Å². The first-order chi connectivity index (χ1) is 6.77. The molecular formula is C13H15N. The summed E-state index contributed by atoms with van der Waals surface area (Å²) in [6.45, 7) is 7.72. The highest BCUT2D eigenvalue weighted by molar-refractivity contribution is 6.08. The molecule has 14 heavy (non-hydrogen) atoms. The summed E-state index contributed by atoms with van der Waals surface area (Å²) >= 11 is 0. The summed E-state index contributed by atoms with van der Waals surface area (Å²) < 4.78 is 0. The van der Waals surface area contributed by atoms with E-state index in [1.54, 1.807) is 6.08 Å². The third kappa shape index (κ3) is 2.70. The lowest BCUT2D eigenvalue weighted by molar-refractivity contribution is 1.28. The van der Waals surface area contributed by atoms with Crippen molar-refractivity contribution in [1.82, 2.24) is 0 Å². The minimum Gasteiger partial charge on any atom is -0.254 e. The molecule has 1 rings (SSSR count). The van der Waals surface area contributed by atoms with E-state index in [1.807, 2.05) is 50.3 Å². The molecule has 0 aliphatic rings. The molecule has 0 saturated heterocycles. The first kappa shape index (κ1) is 10.5. The summed E-state index contributed by atoms with van der Waals surface area (Å²) in [5.41, 5.74) is 3.02. The first-order valence-electron chi connectivity index (χ1n) is 4.67. The van der Waals surface area contributed by atoms with Gasteiger partial charge in [0.2, 0.25) is 0 Å². The molecule has 0 heterocycles. The Morgan fingerprint density at radius 1 is 1.29 bits per heavy atom. The lowest BCUT2D eigenvalue weighted by Gasteiger charge is -2.00. The minimum absolute atomic E-state index is 0.918. The van der Waals surface area contributed by atoms with E-state index < -0.39 is 0 Å². The number of hydrogen-bond acceptors (Lipinski definition) is 1. The minimum atomic E-state index is 0.918. The SMILES string of the molecule is C=CC(=N/C(C)=C\C)c1ccccc1. The van der Waals surface area contributed by atoms with Crippen LogP contribution in [0.1, 0.15) is 19.4 Å². The molecule has 72 valence electrons. The number of aliphatic imine (C=N–C) groups is 1. The Hall–Kier alpha value is -1.63. The second-order valence-electron chi connectivity index (χ2n) is 3.00. The highest BCUT2D eigenvalue weighted by atomic mass is 14.7. The maximum Gasteiger partial charge on any atom is 0.0699 e. The molecule has 0 amide bonds. The normalized spacial score (nSPS) is 12.7. The van der Waals surface area contributed by atoms with Crippen LogP contribution in [0.15, 0.2) is 59.8 Å². The van der Waals surface area contributed by atoms with E-state index in [4.69, 9.17) is 0 Å². The van der Waals surface area contributed by atoms with Gasteiger partial charge in [0.15, 0.2) is 0 Å². The van der Waals surface area contributed by atoms with E-state index in [0.29, 0.717) is 0 Å². The van der Waals surface area contributed by atoms with Crippen molar-refractivity contribution < 1.29 is 0 Å². The highest BCUT2D eigenvalue weighted by Gasteiger charge is 1.96. The van der Waals surface area contributed by atoms with Gasteiger partial charge < -0.3 is 0 Å². The Bertz CT molecular complexity index is 358. The summed E-state index contributed by atoms with van der Waals surface area (Å²) in [5, 5.41) is 0. The molecule has 0 saturated carbocycles. The van der Waals surface area contributed by atoms with Gasteiger partial charge in [-0.15, -0.1) is 0 Å². The van der Waals surface area contributed by atoms with Gasteiger partial charge in [0.25, 0.3) is 0 Å². The fraction of sp³-hybridized carbons (Fsp3) is 0.154. The van der Waals surface area contributed by atoms with Crippen molar-refractivity contribution in [2.45, 2.75) is 13.8 Å². The predicted octanol–water partition coefficient (Wildman–Crippen LogP) is 3.59. The molecule has 0 unspecified atom stereocenters. The van der Waals surface area contributed by atoms with Gasteiger partial charge >= 0.3 is 0 Å². The van der Waals surface area contributed by atoms with E-state index in [1.165, 1.54) is 0 Å². The molecule has 0 aliphatic carbocycles.